The lowest BCUT2D eigenvalue weighted by atomic mass is 10.2. The van der Waals surface area contributed by atoms with E-state index in [9.17, 15) is 14.0 Å². The number of hydrogen-bond acceptors (Lipinski definition) is 8. The number of benzene rings is 1. The largest absolute Gasteiger partial charge is 0.462 e. The molecule has 3 aromatic rings. The zero-order valence-electron chi connectivity index (χ0n) is 19.7. The van der Waals surface area contributed by atoms with Crippen molar-refractivity contribution in [2.45, 2.75) is 32.6 Å². The maximum Gasteiger partial charge on any atom is 0.339 e. The third kappa shape index (κ3) is 6.40. The van der Waals surface area contributed by atoms with Gasteiger partial charge in [-0.2, -0.15) is 4.98 Å². The van der Waals surface area contributed by atoms with Gasteiger partial charge >= 0.3 is 5.97 Å². The van der Waals surface area contributed by atoms with Crippen LogP contribution >= 0.6 is 0 Å². The summed E-state index contributed by atoms with van der Waals surface area (Å²) in [5.74, 6) is 1.03. The van der Waals surface area contributed by atoms with Crippen molar-refractivity contribution < 1.29 is 23.2 Å². The van der Waals surface area contributed by atoms with Crippen molar-refractivity contribution in [2.24, 2.45) is 0 Å². The molecule has 0 spiro atoms. The molecular weight excluding hydrogens is 453 g/mol. The Balaban J connectivity index is 1.24. The number of pyridine rings is 1. The Hall–Kier alpha value is -3.82. The monoisotopic (exact) mass is 481 g/mol. The van der Waals surface area contributed by atoms with Crippen molar-refractivity contribution in [3.63, 3.8) is 0 Å². The summed E-state index contributed by atoms with van der Waals surface area (Å²) < 4.78 is 23.4. The van der Waals surface area contributed by atoms with E-state index < -0.39 is 0 Å². The van der Waals surface area contributed by atoms with Crippen LogP contribution in [0.3, 0.4) is 0 Å². The summed E-state index contributed by atoms with van der Waals surface area (Å²) in [6.45, 7) is 4.83. The molecule has 184 valence electrons. The first-order chi connectivity index (χ1) is 17.0. The molecule has 1 aliphatic heterocycles. The normalized spacial score (nSPS) is 14.0. The van der Waals surface area contributed by atoms with Crippen LogP contribution < -0.4 is 4.90 Å². The minimum absolute atomic E-state index is 0.0933. The van der Waals surface area contributed by atoms with Crippen molar-refractivity contribution >= 4 is 17.7 Å². The summed E-state index contributed by atoms with van der Waals surface area (Å²) in [7, 11) is 0. The van der Waals surface area contributed by atoms with Crippen molar-refractivity contribution in [1.29, 1.82) is 0 Å². The molecule has 9 nitrogen and oxygen atoms in total. The zero-order chi connectivity index (χ0) is 24.6. The Morgan fingerprint density at radius 3 is 2.66 bits per heavy atom. The minimum atomic E-state index is -0.383. The van der Waals surface area contributed by atoms with Gasteiger partial charge in [0.05, 0.1) is 12.2 Å². The van der Waals surface area contributed by atoms with Crippen LogP contribution in [-0.2, 0) is 16.0 Å². The molecule has 1 aromatic carbocycles. The number of hydrogen-bond donors (Lipinski definition) is 0. The van der Waals surface area contributed by atoms with Crippen LogP contribution in [0.2, 0.25) is 0 Å². The van der Waals surface area contributed by atoms with Gasteiger partial charge in [-0.05, 0) is 56.2 Å². The Morgan fingerprint density at radius 1 is 1.09 bits per heavy atom. The smallest absolute Gasteiger partial charge is 0.339 e. The first-order valence-electron chi connectivity index (χ1n) is 11.8. The summed E-state index contributed by atoms with van der Waals surface area (Å²) in [6.07, 6.45) is 3.84. The lowest BCUT2D eigenvalue weighted by Gasteiger charge is -2.23. The van der Waals surface area contributed by atoms with Gasteiger partial charge in [-0.15, -0.1) is 0 Å². The zero-order valence-corrected chi connectivity index (χ0v) is 19.7. The van der Waals surface area contributed by atoms with E-state index in [4.69, 9.17) is 9.26 Å². The molecule has 0 saturated carbocycles. The van der Waals surface area contributed by atoms with Gasteiger partial charge in [0.25, 0.3) is 0 Å². The third-order valence-electron chi connectivity index (χ3n) is 5.78. The van der Waals surface area contributed by atoms with Crippen LogP contribution in [0.4, 0.5) is 10.2 Å². The number of carbonyl (C=O) groups excluding carboxylic acids is 2. The highest BCUT2D eigenvalue weighted by atomic mass is 19.1. The number of ether oxygens (including phenoxy) is 1. The number of halogens is 1. The Labute approximate surface area is 202 Å². The number of aromatic nitrogens is 3. The average molecular weight is 482 g/mol. The number of carbonyl (C=O) groups is 2. The fourth-order valence-corrected chi connectivity index (χ4v) is 3.93. The van der Waals surface area contributed by atoms with E-state index in [-0.39, 0.29) is 17.7 Å². The Morgan fingerprint density at radius 2 is 1.91 bits per heavy atom. The molecular formula is C25H28FN5O4. The molecule has 2 aromatic heterocycles. The van der Waals surface area contributed by atoms with Gasteiger partial charge < -0.3 is 19.1 Å². The first-order valence-corrected chi connectivity index (χ1v) is 11.8. The van der Waals surface area contributed by atoms with Gasteiger partial charge in [0.1, 0.15) is 11.6 Å². The average Bonchev–Trinajstić information content (AvgIpc) is 3.20. The van der Waals surface area contributed by atoms with E-state index in [1.165, 1.54) is 18.3 Å². The molecule has 1 saturated heterocycles. The summed E-state index contributed by atoms with van der Waals surface area (Å²) in [5.41, 5.74) is 1.10. The van der Waals surface area contributed by atoms with Gasteiger partial charge in [-0.25, -0.2) is 14.2 Å². The van der Waals surface area contributed by atoms with E-state index >= 15 is 0 Å². The molecule has 0 radical (unpaired) electrons. The molecule has 0 atom stereocenters. The highest BCUT2D eigenvalue weighted by Gasteiger charge is 2.20. The Bertz CT molecular complexity index is 1130. The molecule has 4 rings (SSSR count). The predicted octanol–water partition coefficient (Wildman–Crippen LogP) is 3.51. The third-order valence-corrected chi connectivity index (χ3v) is 5.78. The highest BCUT2D eigenvalue weighted by Crippen LogP contribution is 2.18. The predicted molar refractivity (Wildman–Crippen MR) is 126 cm³/mol. The van der Waals surface area contributed by atoms with E-state index in [1.54, 1.807) is 25.1 Å². The summed E-state index contributed by atoms with van der Waals surface area (Å²) in [6, 6.07) is 9.42. The second kappa shape index (κ2) is 11.5. The van der Waals surface area contributed by atoms with E-state index in [0.29, 0.717) is 68.3 Å². The number of rotatable bonds is 8. The van der Waals surface area contributed by atoms with Crippen LogP contribution in [0, 0.1) is 5.82 Å². The maximum atomic E-state index is 13.1. The van der Waals surface area contributed by atoms with Gasteiger partial charge in [-0.3, -0.25) is 4.79 Å². The topological polar surface area (TPSA) is 102 Å². The molecule has 1 aliphatic rings. The highest BCUT2D eigenvalue weighted by molar-refractivity contribution is 5.89. The molecule has 1 amide bonds. The van der Waals surface area contributed by atoms with Crippen LogP contribution in [0.15, 0.2) is 47.1 Å². The van der Waals surface area contributed by atoms with E-state index in [2.05, 4.69) is 20.0 Å². The van der Waals surface area contributed by atoms with Gasteiger partial charge in [0.15, 0.2) is 0 Å². The van der Waals surface area contributed by atoms with E-state index in [0.717, 1.165) is 18.8 Å². The molecule has 0 N–H and O–H groups in total. The number of amides is 1. The van der Waals surface area contributed by atoms with Crippen LogP contribution in [0.25, 0.3) is 11.4 Å². The van der Waals surface area contributed by atoms with Gasteiger partial charge in [0, 0.05) is 50.8 Å². The molecule has 0 aliphatic carbocycles. The second-order valence-corrected chi connectivity index (χ2v) is 8.22. The number of aryl methyl sites for hydroxylation is 1. The van der Waals surface area contributed by atoms with Crippen molar-refractivity contribution in [2.75, 3.05) is 37.7 Å². The fourth-order valence-electron chi connectivity index (χ4n) is 3.93. The summed E-state index contributed by atoms with van der Waals surface area (Å²) >= 11 is 0. The minimum Gasteiger partial charge on any atom is -0.462 e. The van der Waals surface area contributed by atoms with Gasteiger partial charge in [-0.1, -0.05) is 5.16 Å². The number of esters is 1. The lowest BCUT2D eigenvalue weighted by Crippen LogP contribution is -2.35. The second-order valence-electron chi connectivity index (χ2n) is 8.22. The molecule has 1 fully saturated rings. The maximum absolute atomic E-state index is 13.1. The molecule has 35 heavy (non-hydrogen) atoms. The molecule has 3 heterocycles. The van der Waals surface area contributed by atoms with Crippen molar-refractivity contribution in [1.82, 2.24) is 20.0 Å². The molecule has 10 heteroatoms. The first kappa shape index (κ1) is 24.3. The van der Waals surface area contributed by atoms with Crippen LogP contribution in [0.1, 0.15) is 42.4 Å². The van der Waals surface area contributed by atoms with Crippen molar-refractivity contribution in [3.8, 4) is 11.4 Å². The number of nitrogens with zero attached hydrogens (tertiary/aromatic N) is 5. The molecule has 0 bridgehead atoms. The SMILES string of the molecule is CCOC(=O)c1ccc(N2CCCN(C(=O)CCCc3nc(-c4ccc(F)cc4)no3)CC2)nc1. The summed E-state index contributed by atoms with van der Waals surface area (Å²) in [5, 5.41) is 3.94. The molecule has 0 unspecified atom stereocenters. The fraction of sp³-hybridized carbons (Fsp3) is 0.400. The van der Waals surface area contributed by atoms with Crippen LogP contribution in [0.5, 0.6) is 0 Å². The quantitative estimate of drug-likeness (QED) is 0.451. The van der Waals surface area contributed by atoms with E-state index in [1.807, 2.05) is 11.0 Å². The van der Waals surface area contributed by atoms with Crippen molar-refractivity contribution in [3.05, 3.63) is 59.9 Å². The van der Waals surface area contributed by atoms with Gasteiger partial charge in [0.2, 0.25) is 17.6 Å². The number of anilines is 1. The Kier molecular flexibility index (Phi) is 8.02. The van der Waals surface area contributed by atoms with Crippen LogP contribution in [-0.4, -0.2) is 64.7 Å². The summed E-state index contributed by atoms with van der Waals surface area (Å²) in [4.78, 5) is 37.3. The standard InChI is InChI=1S/C25H28FN5O4/c1-2-34-25(33)19-9-12-21(27-17-19)30-13-4-14-31(16-15-30)23(32)6-3-5-22-28-24(29-35-22)18-7-10-20(26)11-8-18/h7-12,17H,2-6,13-16H2,1H3. The lowest BCUT2D eigenvalue weighted by molar-refractivity contribution is -0.131.